The van der Waals surface area contributed by atoms with Crippen LogP contribution >= 0.6 is 0 Å². The van der Waals surface area contributed by atoms with Crippen LogP contribution in [0.15, 0.2) is 12.1 Å². The van der Waals surface area contributed by atoms with Crippen LogP contribution in [-0.4, -0.2) is 32.7 Å². The van der Waals surface area contributed by atoms with Crippen LogP contribution in [0.4, 0.5) is 5.95 Å². The maximum Gasteiger partial charge on any atom is 0.226 e. The number of fused-ring (bicyclic) bond motifs is 1. The van der Waals surface area contributed by atoms with Gasteiger partial charge in [-0.15, -0.1) is 0 Å². The topological polar surface area (TPSA) is 69.0 Å². The second kappa shape index (κ2) is 7.58. The lowest BCUT2D eigenvalue weighted by atomic mass is 9.86. The normalized spacial score (nSPS) is 22.1. The van der Waals surface area contributed by atoms with Crippen molar-refractivity contribution in [3.8, 4) is 0 Å². The van der Waals surface area contributed by atoms with Gasteiger partial charge in [0.15, 0.2) is 5.65 Å². The summed E-state index contributed by atoms with van der Waals surface area (Å²) in [5.41, 5.74) is 2.58. The van der Waals surface area contributed by atoms with E-state index in [1.807, 2.05) is 19.1 Å². The number of carbonyl (C=O) groups is 1. The van der Waals surface area contributed by atoms with Crippen molar-refractivity contribution in [2.24, 2.45) is 5.92 Å². The van der Waals surface area contributed by atoms with Crippen molar-refractivity contribution in [3.05, 3.63) is 17.8 Å². The largest absolute Gasteiger partial charge is 0.376 e. The molecule has 6 heteroatoms. The number of imidazole rings is 1. The van der Waals surface area contributed by atoms with Gasteiger partial charge < -0.3 is 4.74 Å². The maximum atomic E-state index is 12.7. The molecule has 0 aromatic carbocycles. The molecule has 0 radical (unpaired) electrons. The van der Waals surface area contributed by atoms with E-state index in [9.17, 15) is 4.79 Å². The Morgan fingerprint density at radius 3 is 2.74 bits per heavy atom. The van der Waals surface area contributed by atoms with Crippen LogP contribution in [0, 0.1) is 12.8 Å². The molecule has 1 unspecified atom stereocenters. The monoisotopic (exact) mass is 372 g/mol. The second-order valence-electron chi connectivity index (χ2n) is 8.40. The number of aryl methyl sites for hydroxylation is 1. The zero-order chi connectivity index (χ0) is 18.3. The Morgan fingerprint density at radius 2 is 2.07 bits per heavy atom. The van der Waals surface area contributed by atoms with Crippen molar-refractivity contribution in [1.29, 1.82) is 0 Å². The standard InChI is InChI=1S/C20H28N4O2.CH4/c1-13-7-8-16-18(21-13)24(15-5-4-6-15)19(22-16)23-17(25)11-14-9-10-26-20(2,3)12-14;/h7-8,14-15H,4-6,9-12H2,1-3H3,(H,22,23,25);1H4. The molecule has 3 heterocycles. The van der Waals surface area contributed by atoms with E-state index in [0.29, 0.717) is 24.3 Å². The molecular weight excluding hydrogens is 340 g/mol. The van der Waals surface area contributed by atoms with Gasteiger partial charge in [0.2, 0.25) is 11.9 Å². The van der Waals surface area contributed by atoms with Crippen molar-refractivity contribution < 1.29 is 9.53 Å². The predicted octanol–water partition coefficient (Wildman–Crippen LogP) is 4.63. The number of hydrogen-bond acceptors (Lipinski definition) is 4. The molecule has 1 saturated carbocycles. The summed E-state index contributed by atoms with van der Waals surface area (Å²) in [6.45, 7) is 6.92. The van der Waals surface area contributed by atoms with Gasteiger partial charge in [-0.05, 0) is 70.9 Å². The minimum atomic E-state index is -0.135. The van der Waals surface area contributed by atoms with Crippen molar-refractivity contribution in [2.75, 3.05) is 11.9 Å². The molecule has 2 aliphatic rings. The molecule has 1 amide bonds. The van der Waals surface area contributed by atoms with E-state index in [2.05, 4.69) is 33.7 Å². The van der Waals surface area contributed by atoms with E-state index in [1.54, 1.807) is 0 Å². The summed E-state index contributed by atoms with van der Waals surface area (Å²) in [5.74, 6) is 1.06. The van der Waals surface area contributed by atoms with E-state index >= 15 is 0 Å². The van der Waals surface area contributed by atoms with Crippen LogP contribution in [0.5, 0.6) is 0 Å². The molecule has 1 aliphatic carbocycles. The molecule has 1 atom stereocenters. The van der Waals surface area contributed by atoms with Gasteiger partial charge in [-0.2, -0.15) is 0 Å². The number of carbonyl (C=O) groups excluding carboxylic acids is 1. The van der Waals surface area contributed by atoms with Crippen LogP contribution in [-0.2, 0) is 9.53 Å². The fourth-order valence-corrected chi connectivity index (χ4v) is 4.12. The molecule has 2 aromatic rings. The lowest BCUT2D eigenvalue weighted by molar-refractivity contribution is -0.120. The number of hydrogen-bond donors (Lipinski definition) is 1. The van der Waals surface area contributed by atoms with Gasteiger partial charge in [0.05, 0.1) is 5.60 Å². The van der Waals surface area contributed by atoms with Crippen molar-refractivity contribution >= 4 is 23.0 Å². The number of nitrogens with one attached hydrogen (secondary N) is 1. The first-order valence-electron chi connectivity index (χ1n) is 9.71. The van der Waals surface area contributed by atoms with Gasteiger partial charge in [0, 0.05) is 24.8 Å². The number of anilines is 1. The first kappa shape index (κ1) is 19.8. The lowest BCUT2D eigenvalue weighted by Gasteiger charge is -2.35. The Kier molecular flexibility index (Phi) is 5.56. The van der Waals surface area contributed by atoms with Gasteiger partial charge in [-0.25, -0.2) is 9.97 Å². The van der Waals surface area contributed by atoms with Gasteiger partial charge in [-0.3, -0.25) is 14.7 Å². The van der Waals surface area contributed by atoms with Crippen molar-refractivity contribution in [3.63, 3.8) is 0 Å². The fraction of sp³-hybridized carbons (Fsp3) is 0.667. The molecule has 4 rings (SSSR count). The molecular formula is C21H32N4O2. The maximum absolute atomic E-state index is 12.7. The summed E-state index contributed by atoms with van der Waals surface area (Å²) < 4.78 is 7.90. The van der Waals surface area contributed by atoms with E-state index in [-0.39, 0.29) is 18.9 Å². The Labute approximate surface area is 161 Å². The minimum absolute atomic E-state index is 0. The summed E-state index contributed by atoms with van der Waals surface area (Å²) in [7, 11) is 0. The van der Waals surface area contributed by atoms with Crippen molar-refractivity contribution in [1.82, 2.24) is 14.5 Å². The SMILES string of the molecule is C.Cc1ccc2nc(NC(=O)CC3CCOC(C)(C)C3)n(C3CCC3)c2n1. The zero-order valence-corrected chi connectivity index (χ0v) is 15.9. The summed E-state index contributed by atoms with van der Waals surface area (Å²) in [6.07, 6.45) is 5.85. The summed E-state index contributed by atoms with van der Waals surface area (Å²) in [5, 5.41) is 3.08. The smallest absolute Gasteiger partial charge is 0.226 e. The number of ether oxygens (including phenoxy) is 1. The van der Waals surface area contributed by atoms with Crippen LogP contribution in [0.1, 0.15) is 71.5 Å². The number of aromatic nitrogens is 3. The summed E-state index contributed by atoms with van der Waals surface area (Å²) in [4.78, 5) is 22.0. The quantitative estimate of drug-likeness (QED) is 0.849. The molecule has 0 bridgehead atoms. The lowest BCUT2D eigenvalue weighted by Crippen LogP contribution is -2.35. The van der Waals surface area contributed by atoms with Crippen LogP contribution < -0.4 is 5.32 Å². The molecule has 1 N–H and O–H groups in total. The average molecular weight is 373 g/mol. The molecule has 2 fully saturated rings. The predicted molar refractivity (Wildman–Crippen MR) is 108 cm³/mol. The highest BCUT2D eigenvalue weighted by molar-refractivity contribution is 5.91. The number of amides is 1. The number of rotatable bonds is 4. The minimum Gasteiger partial charge on any atom is -0.376 e. The van der Waals surface area contributed by atoms with Gasteiger partial charge in [-0.1, -0.05) is 7.43 Å². The van der Waals surface area contributed by atoms with E-state index in [4.69, 9.17) is 4.74 Å². The first-order valence-corrected chi connectivity index (χ1v) is 9.71. The van der Waals surface area contributed by atoms with E-state index < -0.39 is 0 Å². The van der Waals surface area contributed by atoms with Gasteiger partial charge in [0.25, 0.3) is 0 Å². The first-order chi connectivity index (χ1) is 12.4. The fourth-order valence-electron chi connectivity index (χ4n) is 4.12. The van der Waals surface area contributed by atoms with Crippen LogP contribution in [0.3, 0.4) is 0 Å². The van der Waals surface area contributed by atoms with Gasteiger partial charge >= 0.3 is 0 Å². The highest BCUT2D eigenvalue weighted by atomic mass is 16.5. The molecule has 1 aliphatic heterocycles. The van der Waals surface area contributed by atoms with E-state index in [1.165, 1.54) is 6.42 Å². The summed E-state index contributed by atoms with van der Waals surface area (Å²) >= 11 is 0. The molecule has 1 saturated heterocycles. The third kappa shape index (κ3) is 4.15. The Morgan fingerprint density at radius 1 is 1.30 bits per heavy atom. The van der Waals surface area contributed by atoms with Crippen molar-refractivity contribution in [2.45, 2.75) is 78.4 Å². The molecule has 27 heavy (non-hydrogen) atoms. The van der Waals surface area contributed by atoms with E-state index in [0.717, 1.165) is 49.1 Å². The second-order valence-corrected chi connectivity index (χ2v) is 8.40. The van der Waals surface area contributed by atoms with Crippen LogP contribution in [0.2, 0.25) is 0 Å². The molecule has 148 valence electrons. The third-order valence-corrected chi connectivity index (χ3v) is 5.64. The Hall–Kier alpha value is -1.95. The Balaban J connectivity index is 0.00000210. The third-order valence-electron chi connectivity index (χ3n) is 5.64. The molecule has 2 aromatic heterocycles. The number of nitrogens with zero attached hydrogens (tertiary/aromatic N) is 3. The number of pyridine rings is 1. The summed E-state index contributed by atoms with van der Waals surface area (Å²) in [6, 6.07) is 4.35. The molecule has 6 nitrogen and oxygen atoms in total. The Bertz CT molecular complexity index is 823. The van der Waals surface area contributed by atoms with Crippen LogP contribution in [0.25, 0.3) is 11.2 Å². The molecule has 0 spiro atoms. The highest BCUT2D eigenvalue weighted by Crippen LogP contribution is 2.37. The van der Waals surface area contributed by atoms with Gasteiger partial charge in [0.1, 0.15) is 5.52 Å². The zero-order valence-electron chi connectivity index (χ0n) is 15.9. The highest BCUT2D eigenvalue weighted by Gasteiger charge is 2.31. The average Bonchev–Trinajstić information content (AvgIpc) is 2.82.